The van der Waals surface area contributed by atoms with Crippen molar-refractivity contribution in [3.8, 4) is 11.3 Å². The van der Waals surface area contributed by atoms with Crippen molar-refractivity contribution in [1.82, 2.24) is 10.2 Å². The van der Waals surface area contributed by atoms with E-state index in [1.165, 1.54) is 0 Å². The zero-order valence-corrected chi connectivity index (χ0v) is 15.0. The number of likely N-dealkylation sites (tertiary alicyclic amines) is 1. The number of furan rings is 1. The molecule has 0 unspecified atom stereocenters. The molecule has 2 heterocycles. The molecule has 1 atom stereocenters. The maximum Gasteiger partial charge on any atom is 0.227 e. The second-order valence-corrected chi connectivity index (χ2v) is 7.29. The molecule has 0 spiro atoms. The molecule has 1 saturated heterocycles. The highest BCUT2D eigenvalue weighted by atomic mass is 79.9. The molecule has 23 heavy (non-hydrogen) atoms. The highest BCUT2D eigenvalue weighted by Crippen LogP contribution is 2.32. The van der Waals surface area contributed by atoms with Crippen LogP contribution in [0.25, 0.3) is 11.3 Å². The number of carbonyl (C=O) groups is 1. The molecule has 1 amide bonds. The third-order valence-corrected chi connectivity index (χ3v) is 5.03. The Balaban J connectivity index is 1.66. The molecule has 0 bridgehead atoms. The van der Waals surface area contributed by atoms with Crippen molar-refractivity contribution in [2.24, 2.45) is 5.41 Å². The van der Waals surface area contributed by atoms with Gasteiger partial charge in [0.15, 0.2) is 0 Å². The summed E-state index contributed by atoms with van der Waals surface area (Å²) < 4.78 is 7.02. The fourth-order valence-corrected chi connectivity index (χ4v) is 3.40. The minimum atomic E-state index is -0.296. The zero-order chi connectivity index (χ0) is 16.4. The molecular formula is C18H21BrN2O2. The van der Waals surface area contributed by atoms with Gasteiger partial charge in [0.25, 0.3) is 0 Å². The smallest absolute Gasteiger partial charge is 0.227 e. The first-order chi connectivity index (χ1) is 11.0. The van der Waals surface area contributed by atoms with E-state index in [1.54, 1.807) is 7.05 Å². The van der Waals surface area contributed by atoms with Crippen LogP contribution in [-0.2, 0) is 11.3 Å². The predicted octanol–water partition coefficient (Wildman–Crippen LogP) is 3.67. The van der Waals surface area contributed by atoms with Crippen molar-refractivity contribution < 1.29 is 9.21 Å². The quantitative estimate of drug-likeness (QED) is 0.885. The van der Waals surface area contributed by atoms with Crippen LogP contribution in [-0.4, -0.2) is 30.9 Å². The van der Waals surface area contributed by atoms with Gasteiger partial charge in [-0.15, -0.1) is 0 Å². The zero-order valence-electron chi connectivity index (χ0n) is 13.4. The summed E-state index contributed by atoms with van der Waals surface area (Å²) >= 11 is 3.44. The van der Waals surface area contributed by atoms with Crippen molar-refractivity contribution in [1.29, 1.82) is 0 Å². The first-order valence-electron chi connectivity index (χ1n) is 7.79. The molecule has 0 radical (unpaired) electrons. The minimum absolute atomic E-state index is 0.120. The van der Waals surface area contributed by atoms with Gasteiger partial charge in [0.05, 0.1) is 12.0 Å². The number of benzene rings is 1. The molecule has 1 N–H and O–H groups in total. The van der Waals surface area contributed by atoms with Crippen LogP contribution in [0.15, 0.2) is 45.3 Å². The summed E-state index contributed by atoms with van der Waals surface area (Å²) in [6.07, 6.45) is 0.882. The Bertz CT molecular complexity index is 695. The van der Waals surface area contributed by atoms with Gasteiger partial charge in [-0.1, -0.05) is 28.1 Å². The van der Waals surface area contributed by atoms with Crippen LogP contribution in [0.2, 0.25) is 0 Å². The maximum absolute atomic E-state index is 12.0. The first kappa shape index (κ1) is 16.3. The Morgan fingerprint density at radius 3 is 2.74 bits per heavy atom. The van der Waals surface area contributed by atoms with Crippen molar-refractivity contribution in [2.45, 2.75) is 19.9 Å². The number of amides is 1. The Morgan fingerprint density at radius 2 is 2.04 bits per heavy atom. The van der Waals surface area contributed by atoms with E-state index >= 15 is 0 Å². The molecule has 1 fully saturated rings. The number of rotatable bonds is 4. The van der Waals surface area contributed by atoms with Gasteiger partial charge < -0.3 is 9.73 Å². The number of hydrogen-bond donors (Lipinski definition) is 1. The molecule has 5 heteroatoms. The summed E-state index contributed by atoms with van der Waals surface area (Å²) in [5, 5.41) is 2.77. The van der Waals surface area contributed by atoms with Crippen LogP contribution < -0.4 is 5.32 Å². The van der Waals surface area contributed by atoms with E-state index in [4.69, 9.17) is 4.42 Å². The van der Waals surface area contributed by atoms with E-state index in [0.29, 0.717) is 0 Å². The number of nitrogens with zero attached hydrogens (tertiary/aromatic N) is 1. The van der Waals surface area contributed by atoms with E-state index < -0.39 is 0 Å². The minimum Gasteiger partial charge on any atom is -0.460 e. The monoisotopic (exact) mass is 376 g/mol. The lowest BCUT2D eigenvalue weighted by Crippen LogP contribution is -2.39. The van der Waals surface area contributed by atoms with Gasteiger partial charge in [0.1, 0.15) is 11.5 Å². The summed E-state index contributed by atoms with van der Waals surface area (Å²) in [5.41, 5.74) is 0.770. The van der Waals surface area contributed by atoms with E-state index in [-0.39, 0.29) is 11.3 Å². The number of hydrogen-bond acceptors (Lipinski definition) is 3. The van der Waals surface area contributed by atoms with Crippen molar-refractivity contribution in [3.63, 3.8) is 0 Å². The molecule has 3 rings (SSSR count). The summed E-state index contributed by atoms with van der Waals surface area (Å²) in [4.78, 5) is 14.3. The molecule has 122 valence electrons. The molecule has 4 nitrogen and oxygen atoms in total. The van der Waals surface area contributed by atoms with Crippen LogP contribution in [0.4, 0.5) is 0 Å². The van der Waals surface area contributed by atoms with Crippen LogP contribution in [0.3, 0.4) is 0 Å². The summed E-state index contributed by atoms with van der Waals surface area (Å²) in [7, 11) is 1.70. The topological polar surface area (TPSA) is 45.5 Å². The second-order valence-electron chi connectivity index (χ2n) is 6.37. The Labute approximate surface area is 145 Å². The fourth-order valence-electron chi connectivity index (χ4n) is 3.13. The third-order valence-electron chi connectivity index (χ3n) is 4.50. The molecule has 2 aromatic rings. The van der Waals surface area contributed by atoms with Crippen LogP contribution in [0.5, 0.6) is 0 Å². The lowest BCUT2D eigenvalue weighted by molar-refractivity contribution is -0.129. The highest BCUT2D eigenvalue weighted by Gasteiger charge is 2.39. The summed E-state index contributed by atoms with van der Waals surface area (Å²) in [6.45, 7) is 4.45. The van der Waals surface area contributed by atoms with E-state index in [2.05, 4.69) is 26.1 Å². The van der Waals surface area contributed by atoms with Crippen LogP contribution in [0, 0.1) is 5.41 Å². The van der Waals surface area contributed by atoms with Gasteiger partial charge in [0, 0.05) is 23.6 Å². The molecule has 1 aliphatic rings. The van der Waals surface area contributed by atoms with Gasteiger partial charge in [-0.2, -0.15) is 0 Å². The van der Waals surface area contributed by atoms with E-state index in [0.717, 1.165) is 47.6 Å². The number of nitrogens with one attached hydrogen (secondary N) is 1. The van der Waals surface area contributed by atoms with Crippen molar-refractivity contribution >= 4 is 21.8 Å². The average Bonchev–Trinajstić information content (AvgIpc) is 3.15. The summed E-state index contributed by atoms with van der Waals surface area (Å²) in [5.74, 6) is 1.93. The van der Waals surface area contributed by atoms with Gasteiger partial charge >= 0.3 is 0 Å². The molecule has 0 saturated carbocycles. The van der Waals surface area contributed by atoms with Gasteiger partial charge in [0.2, 0.25) is 5.91 Å². The SMILES string of the molecule is CNC(=O)[C@]1(C)CCN(Cc2ccc(-c3ccc(Br)cc3)o2)C1. The number of halogens is 1. The first-order valence-corrected chi connectivity index (χ1v) is 8.59. The predicted molar refractivity (Wildman–Crippen MR) is 93.9 cm³/mol. The molecule has 1 aromatic carbocycles. The highest BCUT2D eigenvalue weighted by molar-refractivity contribution is 9.10. The molecular weight excluding hydrogens is 356 g/mol. The average molecular weight is 377 g/mol. The Morgan fingerprint density at radius 1 is 1.30 bits per heavy atom. The van der Waals surface area contributed by atoms with Gasteiger partial charge in [-0.25, -0.2) is 0 Å². The Kier molecular flexibility index (Phi) is 4.60. The molecule has 1 aromatic heterocycles. The molecule has 0 aliphatic carbocycles. The standard InChI is InChI=1S/C18H21BrN2O2/c1-18(17(22)20-2)9-10-21(12-18)11-15-7-8-16(23-15)13-3-5-14(19)6-4-13/h3-8H,9-12H2,1-2H3,(H,20,22)/t18-/m1/s1. The fraction of sp³-hybridized carbons (Fsp3) is 0.389. The Hall–Kier alpha value is -1.59. The third kappa shape index (κ3) is 3.51. The van der Waals surface area contributed by atoms with E-state index in [9.17, 15) is 4.79 Å². The van der Waals surface area contributed by atoms with Crippen molar-refractivity contribution in [2.75, 3.05) is 20.1 Å². The van der Waals surface area contributed by atoms with Gasteiger partial charge in [-0.3, -0.25) is 9.69 Å². The lowest BCUT2D eigenvalue weighted by atomic mass is 9.89. The van der Waals surface area contributed by atoms with Crippen molar-refractivity contribution in [3.05, 3.63) is 46.6 Å². The normalized spacial score (nSPS) is 21.5. The molecule has 1 aliphatic heterocycles. The largest absolute Gasteiger partial charge is 0.460 e. The number of carbonyl (C=O) groups excluding carboxylic acids is 1. The van der Waals surface area contributed by atoms with Gasteiger partial charge in [-0.05, 0) is 44.2 Å². The lowest BCUT2D eigenvalue weighted by Gasteiger charge is -2.22. The van der Waals surface area contributed by atoms with Crippen LogP contribution in [0.1, 0.15) is 19.1 Å². The second kappa shape index (κ2) is 6.49. The summed E-state index contributed by atoms with van der Waals surface area (Å²) in [6, 6.07) is 12.1. The van der Waals surface area contributed by atoms with Crippen LogP contribution >= 0.6 is 15.9 Å². The maximum atomic E-state index is 12.0. The van der Waals surface area contributed by atoms with E-state index in [1.807, 2.05) is 43.3 Å².